The summed E-state index contributed by atoms with van der Waals surface area (Å²) >= 11 is 0. The molecule has 3 nitrogen and oxygen atoms in total. The van der Waals surface area contributed by atoms with Crippen LogP contribution in [0.25, 0.3) is 5.65 Å². The van der Waals surface area contributed by atoms with Gasteiger partial charge in [-0.05, 0) is 11.6 Å². The number of ether oxygens (including phenoxy) is 1. The lowest BCUT2D eigenvalue weighted by Crippen LogP contribution is -1.90. The predicted octanol–water partition coefficient (Wildman–Crippen LogP) is 1.48. The van der Waals surface area contributed by atoms with Crippen LogP contribution >= 0.6 is 0 Å². The maximum absolute atomic E-state index is 5.02. The van der Waals surface area contributed by atoms with E-state index in [0.29, 0.717) is 6.61 Å². The van der Waals surface area contributed by atoms with Crippen molar-refractivity contribution in [1.82, 2.24) is 9.38 Å². The highest BCUT2D eigenvalue weighted by atomic mass is 16.5. The fraction of sp³-hybridized carbons (Fsp3) is 0.222. The van der Waals surface area contributed by atoms with Gasteiger partial charge in [0.1, 0.15) is 5.65 Å². The van der Waals surface area contributed by atoms with Crippen LogP contribution in [0.4, 0.5) is 0 Å². The van der Waals surface area contributed by atoms with E-state index in [2.05, 4.69) is 4.98 Å². The molecule has 0 fully saturated rings. The first kappa shape index (κ1) is 7.31. The summed E-state index contributed by atoms with van der Waals surface area (Å²) in [5.74, 6) is 0. The summed E-state index contributed by atoms with van der Waals surface area (Å²) < 4.78 is 7.00. The molecule has 0 saturated carbocycles. The zero-order valence-electron chi connectivity index (χ0n) is 6.90. The summed E-state index contributed by atoms with van der Waals surface area (Å²) in [6.45, 7) is 0.647. The molecular weight excluding hydrogens is 152 g/mol. The van der Waals surface area contributed by atoms with Crippen molar-refractivity contribution in [3.8, 4) is 0 Å². The highest BCUT2D eigenvalue weighted by Crippen LogP contribution is 2.04. The molecule has 0 aliphatic carbocycles. The molecule has 0 amide bonds. The molecule has 12 heavy (non-hydrogen) atoms. The van der Waals surface area contributed by atoms with Crippen molar-refractivity contribution < 1.29 is 4.74 Å². The Bertz CT molecular complexity index is 381. The molecule has 0 spiro atoms. The lowest BCUT2D eigenvalue weighted by molar-refractivity contribution is 0.184. The summed E-state index contributed by atoms with van der Waals surface area (Å²) in [7, 11) is 1.69. The van der Waals surface area contributed by atoms with E-state index in [1.54, 1.807) is 13.3 Å². The van der Waals surface area contributed by atoms with Crippen molar-refractivity contribution in [3.63, 3.8) is 0 Å². The Balaban J connectivity index is 2.46. The third kappa shape index (κ3) is 1.19. The fourth-order valence-corrected chi connectivity index (χ4v) is 1.22. The van der Waals surface area contributed by atoms with Gasteiger partial charge in [-0.2, -0.15) is 0 Å². The van der Waals surface area contributed by atoms with E-state index >= 15 is 0 Å². The Kier molecular flexibility index (Phi) is 1.80. The SMILES string of the molecule is COCc1ccc2nccn2c1. The second-order valence-electron chi connectivity index (χ2n) is 2.66. The zero-order valence-corrected chi connectivity index (χ0v) is 6.90. The highest BCUT2D eigenvalue weighted by Gasteiger charge is 1.94. The smallest absolute Gasteiger partial charge is 0.136 e. The van der Waals surface area contributed by atoms with Gasteiger partial charge in [-0.3, -0.25) is 0 Å². The van der Waals surface area contributed by atoms with Crippen LogP contribution in [0.1, 0.15) is 5.56 Å². The molecule has 0 aliphatic heterocycles. The van der Waals surface area contributed by atoms with E-state index in [1.807, 2.05) is 28.9 Å². The van der Waals surface area contributed by atoms with Gasteiger partial charge in [-0.15, -0.1) is 0 Å². The van der Waals surface area contributed by atoms with Crippen LogP contribution in [0.15, 0.2) is 30.7 Å². The van der Waals surface area contributed by atoms with Crippen LogP contribution in [0.3, 0.4) is 0 Å². The molecular formula is C9H10N2O. The normalized spacial score (nSPS) is 10.8. The van der Waals surface area contributed by atoms with Gasteiger partial charge in [0, 0.05) is 25.7 Å². The Morgan fingerprint density at radius 1 is 1.50 bits per heavy atom. The van der Waals surface area contributed by atoms with Crippen LogP contribution < -0.4 is 0 Å². The molecule has 2 rings (SSSR count). The summed E-state index contributed by atoms with van der Waals surface area (Å²) in [6, 6.07) is 4.00. The van der Waals surface area contributed by atoms with Gasteiger partial charge >= 0.3 is 0 Å². The maximum Gasteiger partial charge on any atom is 0.136 e. The van der Waals surface area contributed by atoms with E-state index in [4.69, 9.17) is 4.74 Å². The molecule has 0 N–H and O–H groups in total. The Labute approximate surface area is 70.6 Å². The minimum absolute atomic E-state index is 0.647. The monoisotopic (exact) mass is 162 g/mol. The molecule has 62 valence electrons. The van der Waals surface area contributed by atoms with Crippen molar-refractivity contribution in [2.75, 3.05) is 7.11 Å². The largest absolute Gasteiger partial charge is 0.380 e. The number of rotatable bonds is 2. The summed E-state index contributed by atoms with van der Waals surface area (Å²) in [5.41, 5.74) is 2.12. The molecule has 0 aromatic carbocycles. The van der Waals surface area contributed by atoms with Gasteiger partial charge in [0.25, 0.3) is 0 Å². The Morgan fingerprint density at radius 3 is 3.25 bits per heavy atom. The van der Waals surface area contributed by atoms with Gasteiger partial charge < -0.3 is 9.14 Å². The molecule has 2 heterocycles. The average molecular weight is 162 g/mol. The van der Waals surface area contributed by atoms with E-state index in [9.17, 15) is 0 Å². The maximum atomic E-state index is 5.02. The molecule has 0 saturated heterocycles. The predicted molar refractivity (Wildman–Crippen MR) is 45.9 cm³/mol. The van der Waals surface area contributed by atoms with Crippen molar-refractivity contribution >= 4 is 5.65 Å². The van der Waals surface area contributed by atoms with Gasteiger partial charge in [-0.25, -0.2) is 4.98 Å². The lowest BCUT2D eigenvalue weighted by Gasteiger charge is -1.99. The number of aromatic nitrogens is 2. The van der Waals surface area contributed by atoms with E-state index in [-0.39, 0.29) is 0 Å². The van der Waals surface area contributed by atoms with Gasteiger partial charge in [0.15, 0.2) is 0 Å². The van der Waals surface area contributed by atoms with Crippen LogP contribution in [0, 0.1) is 0 Å². The topological polar surface area (TPSA) is 26.5 Å². The fourth-order valence-electron chi connectivity index (χ4n) is 1.22. The standard InChI is InChI=1S/C9H10N2O/c1-12-7-8-2-3-9-10-4-5-11(9)6-8/h2-6H,7H2,1H3. The molecule has 0 atom stereocenters. The van der Waals surface area contributed by atoms with Crippen molar-refractivity contribution in [2.24, 2.45) is 0 Å². The molecule has 0 aliphatic rings. The average Bonchev–Trinajstić information content (AvgIpc) is 2.51. The third-order valence-electron chi connectivity index (χ3n) is 1.76. The number of hydrogen-bond donors (Lipinski definition) is 0. The second-order valence-corrected chi connectivity index (χ2v) is 2.66. The van der Waals surface area contributed by atoms with E-state index in [1.165, 1.54) is 0 Å². The molecule has 3 heteroatoms. The summed E-state index contributed by atoms with van der Waals surface area (Å²) in [6.07, 6.45) is 5.73. The third-order valence-corrected chi connectivity index (χ3v) is 1.76. The van der Waals surface area contributed by atoms with Crippen molar-refractivity contribution in [2.45, 2.75) is 6.61 Å². The first-order valence-corrected chi connectivity index (χ1v) is 3.80. The second kappa shape index (κ2) is 2.95. The van der Waals surface area contributed by atoms with Gasteiger partial charge in [-0.1, -0.05) is 6.07 Å². The quantitative estimate of drug-likeness (QED) is 0.668. The van der Waals surface area contributed by atoms with Crippen LogP contribution in [-0.4, -0.2) is 16.5 Å². The highest BCUT2D eigenvalue weighted by molar-refractivity contribution is 5.39. The van der Waals surface area contributed by atoms with Gasteiger partial charge in [0.05, 0.1) is 6.61 Å². The number of hydrogen-bond acceptors (Lipinski definition) is 2. The number of methoxy groups -OCH3 is 1. The number of pyridine rings is 1. The zero-order chi connectivity index (χ0) is 8.39. The van der Waals surface area contributed by atoms with Gasteiger partial charge in [0.2, 0.25) is 0 Å². The van der Waals surface area contributed by atoms with Crippen molar-refractivity contribution in [1.29, 1.82) is 0 Å². The number of imidazole rings is 1. The van der Waals surface area contributed by atoms with Crippen molar-refractivity contribution in [3.05, 3.63) is 36.3 Å². The van der Waals surface area contributed by atoms with E-state index < -0.39 is 0 Å². The number of fused-ring (bicyclic) bond motifs is 1. The molecule has 2 aromatic heterocycles. The Hall–Kier alpha value is -1.35. The van der Waals surface area contributed by atoms with Crippen LogP contribution in [0.5, 0.6) is 0 Å². The molecule has 0 radical (unpaired) electrons. The molecule has 2 aromatic rings. The van der Waals surface area contributed by atoms with Crippen LogP contribution in [-0.2, 0) is 11.3 Å². The minimum atomic E-state index is 0.647. The number of nitrogens with zero attached hydrogens (tertiary/aromatic N) is 2. The first-order chi connectivity index (χ1) is 5.90. The van der Waals surface area contributed by atoms with Crippen LogP contribution in [0.2, 0.25) is 0 Å². The Morgan fingerprint density at radius 2 is 2.42 bits per heavy atom. The molecule has 0 bridgehead atoms. The summed E-state index contributed by atoms with van der Waals surface area (Å²) in [4.78, 5) is 4.14. The lowest BCUT2D eigenvalue weighted by atomic mass is 10.3. The minimum Gasteiger partial charge on any atom is -0.380 e. The van der Waals surface area contributed by atoms with E-state index in [0.717, 1.165) is 11.2 Å². The first-order valence-electron chi connectivity index (χ1n) is 3.80. The summed E-state index contributed by atoms with van der Waals surface area (Å²) in [5, 5.41) is 0. The molecule has 0 unspecified atom stereocenters.